The third-order valence-corrected chi connectivity index (χ3v) is 4.02. The summed E-state index contributed by atoms with van der Waals surface area (Å²) in [6, 6.07) is 0. The van der Waals surface area contributed by atoms with E-state index in [1.165, 1.54) is 5.57 Å². The Kier molecular flexibility index (Phi) is 3.49. The van der Waals surface area contributed by atoms with Crippen LogP contribution in [0.25, 0.3) is 0 Å². The molecule has 1 heteroatoms. The van der Waals surface area contributed by atoms with Crippen molar-refractivity contribution < 1.29 is 0 Å². The number of allylic oxidation sites excluding steroid dienone is 2. The van der Waals surface area contributed by atoms with Crippen molar-refractivity contribution in [2.45, 2.75) is 40.2 Å². The Hall–Kier alpha value is -0.820. The van der Waals surface area contributed by atoms with Crippen LogP contribution in [0.3, 0.4) is 0 Å². The second kappa shape index (κ2) is 4.21. The van der Waals surface area contributed by atoms with Gasteiger partial charge >= 0.3 is 0 Å². The maximum absolute atomic E-state index is 4.20. The first-order valence-corrected chi connectivity index (χ1v) is 6.07. The number of nitrogens with one attached hydrogen (secondary N) is 1. The summed E-state index contributed by atoms with van der Waals surface area (Å²) >= 11 is 0. The first-order chi connectivity index (χ1) is 7.30. The predicted octanol–water partition coefficient (Wildman–Crippen LogP) is 3.70. The highest BCUT2D eigenvalue weighted by molar-refractivity contribution is 5.58. The zero-order valence-electron chi connectivity index (χ0n) is 11.4. The molecular weight excluding hydrogens is 194 g/mol. The molecule has 1 aliphatic carbocycles. The first-order valence-electron chi connectivity index (χ1n) is 6.07. The molecule has 1 N–H and O–H groups in total. The maximum atomic E-state index is 4.20. The normalized spacial score (nSPS) is 33.8. The van der Waals surface area contributed by atoms with Gasteiger partial charge in [-0.25, -0.2) is 0 Å². The van der Waals surface area contributed by atoms with Crippen LogP contribution in [0, 0.1) is 11.3 Å². The van der Waals surface area contributed by atoms with Crippen molar-refractivity contribution in [1.82, 2.24) is 5.32 Å². The van der Waals surface area contributed by atoms with Crippen LogP contribution in [0.15, 0.2) is 36.5 Å². The van der Waals surface area contributed by atoms with Gasteiger partial charge in [-0.3, -0.25) is 0 Å². The molecule has 0 aliphatic heterocycles. The molecule has 2 unspecified atom stereocenters. The van der Waals surface area contributed by atoms with Crippen LogP contribution >= 0.6 is 0 Å². The summed E-state index contributed by atoms with van der Waals surface area (Å²) in [5.74, 6) is 0.657. The average Bonchev–Trinajstić information content (AvgIpc) is 2.64. The summed E-state index contributed by atoms with van der Waals surface area (Å²) in [5.41, 5.74) is 2.45. The zero-order valence-corrected chi connectivity index (χ0v) is 11.4. The Morgan fingerprint density at radius 1 is 1.44 bits per heavy atom. The van der Waals surface area contributed by atoms with Crippen LogP contribution in [0.4, 0.5) is 0 Å². The lowest BCUT2D eigenvalue weighted by Gasteiger charge is -2.21. The van der Waals surface area contributed by atoms with Crippen molar-refractivity contribution in [3.63, 3.8) is 0 Å². The van der Waals surface area contributed by atoms with Crippen LogP contribution in [0.1, 0.15) is 34.6 Å². The molecule has 0 radical (unpaired) electrons. The molecule has 0 heterocycles. The van der Waals surface area contributed by atoms with Gasteiger partial charge in [-0.2, -0.15) is 0 Å². The monoisotopic (exact) mass is 219 g/mol. The Morgan fingerprint density at radius 3 is 2.44 bits per heavy atom. The van der Waals surface area contributed by atoms with Crippen LogP contribution < -0.4 is 5.32 Å². The van der Waals surface area contributed by atoms with E-state index in [9.17, 15) is 0 Å². The quantitative estimate of drug-likeness (QED) is 0.549. The van der Waals surface area contributed by atoms with Crippen LogP contribution in [0.2, 0.25) is 0 Å². The smallest absolute Gasteiger partial charge is 0.0505 e. The molecule has 1 nitrogen and oxygen atoms in total. The summed E-state index contributed by atoms with van der Waals surface area (Å²) in [4.78, 5) is 0. The number of rotatable bonds is 5. The van der Waals surface area contributed by atoms with Crippen molar-refractivity contribution >= 4 is 0 Å². The third kappa shape index (κ3) is 1.78. The molecule has 0 aromatic heterocycles. The highest BCUT2D eigenvalue weighted by atomic mass is 15.1. The fourth-order valence-electron chi connectivity index (χ4n) is 2.35. The summed E-state index contributed by atoms with van der Waals surface area (Å²) in [6.45, 7) is 20.3. The van der Waals surface area contributed by atoms with Crippen LogP contribution in [-0.4, -0.2) is 12.1 Å². The standard InChI is InChI=1S/C15H25N/c1-8-9-12(4)14(6)13(5)15(14,7)16-10-11(2)3/h8-9,11,16H,4-5,10H2,1-3,6-7H3/b9-8-. The van der Waals surface area contributed by atoms with Gasteiger partial charge < -0.3 is 5.32 Å². The van der Waals surface area contributed by atoms with E-state index in [-0.39, 0.29) is 11.0 Å². The molecule has 0 amide bonds. The van der Waals surface area contributed by atoms with E-state index in [4.69, 9.17) is 0 Å². The molecule has 1 saturated carbocycles. The van der Waals surface area contributed by atoms with E-state index in [1.54, 1.807) is 0 Å². The van der Waals surface area contributed by atoms with E-state index in [2.05, 4.69) is 52.2 Å². The fraction of sp³-hybridized carbons (Fsp3) is 0.600. The molecule has 90 valence electrons. The molecule has 0 saturated heterocycles. The summed E-state index contributed by atoms with van der Waals surface area (Å²) < 4.78 is 0. The minimum atomic E-state index is 0.0217. The highest BCUT2D eigenvalue weighted by Gasteiger charge is 2.65. The molecular formula is C15H25N. The largest absolute Gasteiger partial charge is 0.307 e. The Morgan fingerprint density at radius 2 is 2.00 bits per heavy atom. The van der Waals surface area contributed by atoms with Gasteiger partial charge in [0.2, 0.25) is 0 Å². The van der Waals surface area contributed by atoms with Gasteiger partial charge in [-0.05, 0) is 44.4 Å². The summed E-state index contributed by atoms with van der Waals surface area (Å²) in [5, 5.41) is 3.62. The fourth-order valence-corrected chi connectivity index (χ4v) is 2.35. The average molecular weight is 219 g/mol. The van der Waals surface area contributed by atoms with Gasteiger partial charge in [0.05, 0.1) is 5.54 Å². The zero-order chi connectivity index (χ0) is 12.6. The molecule has 0 aromatic rings. The second-order valence-electron chi connectivity index (χ2n) is 5.53. The van der Waals surface area contributed by atoms with Crippen molar-refractivity contribution in [3.05, 3.63) is 36.5 Å². The second-order valence-corrected chi connectivity index (χ2v) is 5.53. The minimum Gasteiger partial charge on any atom is -0.307 e. The molecule has 1 aliphatic rings. The van der Waals surface area contributed by atoms with Gasteiger partial charge in [-0.1, -0.05) is 39.2 Å². The molecule has 2 atom stereocenters. The van der Waals surface area contributed by atoms with Gasteiger partial charge in [0.1, 0.15) is 0 Å². The van der Waals surface area contributed by atoms with E-state index >= 15 is 0 Å². The van der Waals surface area contributed by atoms with Crippen molar-refractivity contribution in [1.29, 1.82) is 0 Å². The molecule has 16 heavy (non-hydrogen) atoms. The van der Waals surface area contributed by atoms with Crippen molar-refractivity contribution in [3.8, 4) is 0 Å². The Labute approximate surface area is 100 Å². The summed E-state index contributed by atoms with van der Waals surface area (Å²) in [7, 11) is 0. The highest BCUT2D eigenvalue weighted by Crippen LogP contribution is 2.64. The SMILES string of the molecule is C=C(/C=C\C)C1(C)C(=C)C1(C)NCC(C)C. The summed E-state index contributed by atoms with van der Waals surface area (Å²) in [6.07, 6.45) is 4.13. The molecule has 1 fully saturated rings. The predicted molar refractivity (Wildman–Crippen MR) is 72.4 cm³/mol. The van der Waals surface area contributed by atoms with Crippen LogP contribution in [-0.2, 0) is 0 Å². The van der Waals surface area contributed by atoms with Gasteiger partial charge in [0.25, 0.3) is 0 Å². The van der Waals surface area contributed by atoms with Crippen molar-refractivity contribution in [2.75, 3.05) is 6.54 Å². The maximum Gasteiger partial charge on any atom is 0.0505 e. The van der Waals surface area contributed by atoms with Gasteiger partial charge in [0.15, 0.2) is 0 Å². The van der Waals surface area contributed by atoms with Gasteiger partial charge in [-0.15, -0.1) is 0 Å². The van der Waals surface area contributed by atoms with Crippen LogP contribution in [0.5, 0.6) is 0 Å². The van der Waals surface area contributed by atoms with Crippen molar-refractivity contribution in [2.24, 2.45) is 11.3 Å². The molecule has 0 bridgehead atoms. The third-order valence-electron chi connectivity index (χ3n) is 4.02. The van der Waals surface area contributed by atoms with E-state index in [0.717, 1.165) is 12.1 Å². The molecule has 0 aromatic carbocycles. The first kappa shape index (κ1) is 13.2. The Balaban J connectivity index is 2.79. The lowest BCUT2D eigenvalue weighted by molar-refractivity contribution is 0.416. The molecule has 1 rings (SSSR count). The molecule has 0 spiro atoms. The van der Waals surface area contributed by atoms with E-state index in [0.29, 0.717) is 5.92 Å². The lowest BCUT2D eigenvalue weighted by atomic mass is 9.93. The number of hydrogen-bond donors (Lipinski definition) is 1. The van der Waals surface area contributed by atoms with Gasteiger partial charge in [0, 0.05) is 5.41 Å². The van der Waals surface area contributed by atoms with E-state index in [1.807, 2.05) is 13.0 Å². The lowest BCUT2D eigenvalue weighted by Crippen LogP contribution is -2.36. The topological polar surface area (TPSA) is 12.0 Å². The minimum absolute atomic E-state index is 0.0217. The number of hydrogen-bond acceptors (Lipinski definition) is 1. The van der Waals surface area contributed by atoms with E-state index < -0.39 is 0 Å². The Bertz CT molecular complexity index is 337.